The molecule has 0 saturated heterocycles. The number of hydrogen-bond donors (Lipinski definition) is 2. The van der Waals surface area contributed by atoms with Crippen LogP contribution in [0.5, 0.6) is 0 Å². The van der Waals surface area contributed by atoms with Crippen molar-refractivity contribution in [3.8, 4) is 0 Å². The van der Waals surface area contributed by atoms with Gasteiger partial charge in [0.15, 0.2) is 11.7 Å². The van der Waals surface area contributed by atoms with Gasteiger partial charge in [-0.05, 0) is 26.0 Å². The fourth-order valence-corrected chi connectivity index (χ4v) is 3.19. The van der Waals surface area contributed by atoms with E-state index in [-0.39, 0.29) is 0 Å². The topological polar surface area (TPSA) is 56.4 Å². The lowest BCUT2D eigenvalue weighted by atomic mass is 10.1. The Balaban J connectivity index is 1.85. The second-order valence-electron chi connectivity index (χ2n) is 5.15. The predicted octanol–water partition coefficient (Wildman–Crippen LogP) is 0.995. The SMILES string of the molecule is CC[NH+](CC)CCNc1cc[nH+]c2c1ccc1nsnc12. The van der Waals surface area contributed by atoms with Gasteiger partial charge in [-0.1, -0.05) is 0 Å². The summed E-state index contributed by atoms with van der Waals surface area (Å²) in [5.74, 6) is 0. The van der Waals surface area contributed by atoms with Gasteiger partial charge in [0.2, 0.25) is 5.52 Å². The molecule has 110 valence electrons. The van der Waals surface area contributed by atoms with E-state index in [4.69, 9.17) is 0 Å². The molecule has 0 saturated carbocycles. The van der Waals surface area contributed by atoms with E-state index < -0.39 is 0 Å². The van der Waals surface area contributed by atoms with Crippen molar-refractivity contribution in [2.45, 2.75) is 13.8 Å². The van der Waals surface area contributed by atoms with Gasteiger partial charge < -0.3 is 10.2 Å². The van der Waals surface area contributed by atoms with E-state index in [0.29, 0.717) is 0 Å². The van der Waals surface area contributed by atoms with Gasteiger partial charge in [-0.25, -0.2) is 4.98 Å². The van der Waals surface area contributed by atoms with Crippen molar-refractivity contribution in [1.29, 1.82) is 0 Å². The van der Waals surface area contributed by atoms with Crippen LogP contribution in [0.2, 0.25) is 0 Å². The number of hydrogen-bond acceptors (Lipinski definition) is 4. The Morgan fingerprint density at radius 2 is 2.05 bits per heavy atom. The molecule has 2 heterocycles. The number of benzene rings is 1. The van der Waals surface area contributed by atoms with Gasteiger partial charge in [-0.3, -0.25) is 0 Å². The molecule has 0 aliphatic heterocycles. The molecule has 0 aliphatic rings. The van der Waals surface area contributed by atoms with Crippen molar-refractivity contribution in [2.75, 3.05) is 31.5 Å². The molecule has 5 nitrogen and oxygen atoms in total. The quantitative estimate of drug-likeness (QED) is 0.714. The first-order valence-corrected chi connectivity index (χ1v) is 8.19. The van der Waals surface area contributed by atoms with E-state index >= 15 is 0 Å². The highest BCUT2D eigenvalue weighted by Gasteiger charge is 2.13. The van der Waals surface area contributed by atoms with E-state index in [9.17, 15) is 0 Å². The summed E-state index contributed by atoms with van der Waals surface area (Å²) >= 11 is 1.26. The Kier molecular flexibility index (Phi) is 4.26. The summed E-state index contributed by atoms with van der Waals surface area (Å²) in [6.45, 7) is 8.92. The second-order valence-corrected chi connectivity index (χ2v) is 5.67. The van der Waals surface area contributed by atoms with Gasteiger partial charge in [0.25, 0.3) is 0 Å². The third-order valence-corrected chi connectivity index (χ3v) is 4.53. The molecule has 2 aromatic heterocycles. The molecule has 0 spiro atoms. The molecular weight excluding hydrogens is 282 g/mol. The van der Waals surface area contributed by atoms with E-state index in [1.807, 2.05) is 12.3 Å². The summed E-state index contributed by atoms with van der Waals surface area (Å²) in [4.78, 5) is 4.91. The van der Waals surface area contributed by atoms with Gasteiger partial charge in [0, 0.05) is 6.07 Å². The molecule has 3 aromatic rings. The summed E-state index contributed by atoms with van der Waals surface area (Å²) in [7, 11) is 0. The Morgan fingerprint density at radius 3 is 2.86 bits per heavy atom. The summed E-state index contributed by atoms with van der Waals surface area (Å²) in [5, 5.41) is 4.73. The first-order chi connectivity index (χ1) is 10.3. The van der Waals surface area contributed by atoms with E-state index in [2.05, 4.69) is 45.0 Å². The Hall–Kier alpha value is -1.79. The first kappa shape index (κ1) is 14.2. The zero-order valence-electron chi connectivity index (χ0n) is 12.4. The maximum Gasteiger partial charge on any atom is 0.242 e. The highest BCUT2D eigenvalue weighted by molar-refractivity contribution is 7.00. The molecule has 0 unspecified atom stereocenters. The van der Waals surface area contributed by atoms with Crippen LogP contribution in [0.3, 0.4) is 0 Å². The maximum atomic E-state index is 4.39. The summed E-state index contributed by atoms with van der Waals surface area (Å²) in [6, 6.07) is 6.24. The molecule has 1 aromatic carbocycles. The zero-order valence-corrected chi connectivity index (χ0v) is 13.3. The highest BCUT2D eigenvalue weighted by atomic mass is 32.1. The molecule has 0 bridgehead atoms. The van der Waals surface area contributed by atoms with Crippen LogP contribution >= 0.6 is 11.7 Å². The zero-order chi connectivity index (χ0) is 14.7. The third kappa shape index (κ3) is 2.82. The van der Waals surface area contributed by atoms with E-state index in [1.54, 1.807) is 4.90 Å². The normalized spacial score (nSPS) is 11.6. The van der Waals surface area contributed by atoms with Gasteiger partial charge in [-0.15, -0.1) is 0 Å². The van der Waals surface area contributed by atoms with E-state index in [1.165, 1.54) is 30.2 Å². The number of aromatic amines is 1. The molecule has 21 heavy (non-hydrogen) atoms. The molecule has 0 fully saturated rings. The predicted molar refractivity (Wildman–Crippen MR) is 86.9 cm³/mol. The largest absolute Gasteiger partial charge is 0.379 e. The van der Waals surface area contributed by atoms with Crippen molar-refractivity contribution in [1.82, 2.24) is 8.75 Å². The molecule has 0 atom stereocenters. The maximum absolute atomic E-state index is 4.39. The summed E-state index contributed by atoms with van der Waals surface area (Å²) < 4.78 is 8.68. The molecule has 0 radical (unpaired) electrons. The van der Waals surface area contributed by atoms with Crippen molar-refractivity contribution in [2.24, 2.45) is 0 Å². The average Bonchev–Trinajstić information content (AvgIpc) is 3.00. The summed E-state index contributed by atoms with van der Waals surface area (Å²) in [6.07, 6.45) is 1.97. The lowest BCUT2D eigenvalue weighted by Crippen LogP contribution is -3.12. The van der Waals surface area contributed by atoms with Crippen molar-refractivity contribution >= 4 is 39.4 Å². The smallest absolute Gasteiger partial charge is 0.242 e. The van der Waals surface area contributed by atoms with Gasteiger partial charge >= 0.3 is 0 Å². The molecule has 6 heteroatoms. The number of nitrogens with one attached hydrogen (secondary N) is 3. The number of aromatic nitrogens is 3. The van der Waals surface area contributed by atoms with E-state index in [0.717, 1.165) is 35.3 Å². The number of rotatable bonds is 6. The minimum absolute atomic E-state index is 0.952. The molecule has 3 N–H and O–H groups in total. The van der Waals surface area contributed by atoms with Gasteiger partial charge in [-0.2, -0.15) is 8.75 Å². The van der Waals surface area contributed by atoms with Crippen LogP contribution in [-0.2, 0) is 0 Å². The number of pyridine rings is 1. The molecular formula is C15H21N5S+2. The third-order valence-electron chi connectivity index (χ3n) is 3.99. The van der Waals surface area contributed by atoms with Crippen LogP contribution in [0.4, 0.5) is 5.69 Å². The number of likely N-dealkylation sites (N-methyl/N-ethyl adjacent to an activating group) is 1. The lowest BCUT2D eigenvalue weighted by molar-refractivity contribution is -0.894. The fraction of sp³-hybridized carbons (Fsp3) is 0.400. The van der Waals surface area contributed by atoms with Crippen LogP contribution in [0.1, 0.15) is 13.8 Å². The Bertz CT molecular complexity index is 735. The number of H-pyrrole nitrogens is 1. The van der Waals surface area contributed by atoms with Crippen molar-refractivity contribution < 1.29 is 9.88 Å². The fourth-order valence-electron chi connectivity index (χ4n) is 2.65. The molecule has 0 amide bonds. The summed E-state index contributed by atoms with van der Waals surface area (Å²) in [5.41, 5.74) is 4.12. The minimum Gasteiger partial charge on any atom is -0.379 e. The van der Waals surface area contributed by atoms with Crippen molar-refractivity contribution in [3.63, 3.8) is 0 Å². The number of anilines is 1. The molecule has 3 rings (SSSR count). The number of quaternary nitrogens is 1. The van der Waals surface area contributed by atoms with Crippen LogP contribution in [-0.4, -0.2) is 34.9 Å². The van der Waals surface area contributed by atoms with Gasteiger partial charge in [0.1, 0.15) is 5.52 Å². The minimum atomic E-state index is 0.952. The first-order valence-electron chi connectivity index (χ1n) is 7.46. The van der Waals surface area contributed by atoms with Crippen molar-refractivity contribution in [3.05, 3.63) is 24.4 Å². The second kappa shape index (κ2) is 6.32. The highest BCUT2D eigenvalue weighted by Crippen LogP contribution is 2.25. The van der Waals surface area contributed by atoms with Crippen LogP contribution in [0.15, 0.2) is 24.4 Å². The van der Waals surface area contributed by atoms with Gasteiger partial charge in [0.05, 0.1) is 49.0 Å². The Morgan fingerprint density at radius 1 is 1.19 bits per heavy atom. The van der Waals surface area contributed by atoms with Crippen LogP contribution in [0, 0.1) is 0 Å². The number of fused-ring (bicyclic) bond motifs is 3. The van der Waals surface area contributed by atoms with Crippen LogP contribution < -0.4 is 15.2 Å². The Labute approximate surface area is 128 Å². The lowest BCUT2D eigenvalue weighted by Gasteiger charge is -2.16. The number of nitrogens with zero attached hydrogens (tertiary/aromatic N) is 2. The molecule has 0 aliphatic carbocycles. The van der Waals surface area contributed by atoms with Crippen LogP contribution in [0.25, 0.3) is 21.9 Å². The monoisotopic (exact) mass is 303 g/mol. The standard InChI is InChI=1S/C15H19N5S/c1-3-20(4-2)10-9-16-12-7-8-17-14-11(12)5-6-13-15(14)19-21-18-13/h5-8H,3-4,9-10H2,1-2H3,(H,16,17)/p+2. The average molecular weight is 303 g/mol.